The molecule has 2 amide bonds. The summed E-state index contributed by atoms with van der Waals surface area (Å²) in [5.41, 5.74) is 2.03. The number of carbonyl (C=O) groups is 1. The number of aromatic nitrogens is 3. The molecule has 2 aliphatic rings. The molecule has 2 atom stereocenters. The number of urea groups is 1. The van der Waals surface area contributed by atoms with Crippen LogP contribution in [0.2, 0.25) is 0 Å². The van der Waals surface area contributed by atoms with Crippen molar-refractivity contribution in [3.05, 3.63) is 54.5 Å². The van der Waals surface area contributed by atoms with Crippen molar-refractivity contribution in [1.82, 2.24) is 15.0 Å². The molecule has 5 rings (SSSR count). The molecule has 1 aromatic carbocycles. The van der Waals surface area contributed by atoms with E-state index >= 15 is 0 Å². The van der Waals surface area contributed by atoms with Gasteiger partial charge in [-0.25, -0.2) is 19.2 Å². The van der Waals surface area contributed by atoms with E-state index in [1.165, 1.54) is 24.4 Å². The Hall–Kier alpha value is -3.83. The summed E-state index contributed by atoms with van der Waals surface area (Å²) in [6, 6.07) is 10.9. The molecule has 1 saturated heterocycles. The van der Waals surface area contributed by atoms with Crippen molar-refractivity contribution in [1.29, 1.82) is 0 Å². The topological polar surface area (TPSA) is 124 Å². The van der Waals surface area contributed by atoms with Crippen LogP contribution in [0.3, 0.4) is 0 Å². The lowest BCUT2D eigenvalue weighted by atomic mass is 10.1. The minimum atomic E-state index is -1.06. The number of hydrogen-bond acceptors (Lipinski definition) is 8. The number of amides is 2. The van der Waals surface area contributed by atoms with Crippen LogP contribution in [0.15, 0.2) is 48.7 Å². The van der Waals surface area contributed by atoms with Gasteiger partial charge in [-0.05, 0) is 36.8 Å². The molecule has 2 aliphatic heterocycles. The van der Waals surface area contributed by atoms with Gasteiger partial charge in [-0.15, -0.1) is 0 Å². The van der Waals surface area contributed by atoms with Gasteiger partial charge in [-0.3, -0.25) is 10.2 Å². The van der Waals surface area contributed by atoms with E-state index in [-0.39, 0.29) is 30.3 Å². The van der Waals surface area contributed by atoms with Crippen LogP contribution in [-0.2, 0) is 0 Å². The first-order chi connectivity index (χ1) is 16.5. The summed E-state index contributed by atoms with van der Waals surface area (Å²) in [6.07, 6.45) is 1.15. The number of nitrogens with one attached hydrogen (secondary N) is 1. The second-order valence-electron chi connectivity index (χ2n) is 8.11. The zero-order chi connectivity index (χ0) is 23.7. The van der Waals surface area contributed by atoms with E-state index in [2.05, 4.69) is 20.2 Å². The molecule has 3 aromatic rings. The SMILES string of the molecule is O=C(Nc1ccnc(OCC(O)CO)n1)N1c2nc(-c3cccc(F)c3)ccc2N2CC[C@H]1C2. The predicted molar refractivity (Wildman–Crippen MR) is 122 cm³/mol. The number of halogens is 1. The number of hydrogen-bond donors (Lipinski definition) is 3. The molecule has 10 nitrogen and oxygen atoms in total. The highest BCUT2D eigenvalue weighted by atomic mass is 19.1. The molecule has 4 heterocycles. The monoisotopic (exact) mass is 466 g/mol. The van der Waals surface area contributed by atoms with Crippen molar-refractivity contribution in [2.45, 2.75) is 18.6 Å². The summed E-state index contributed by atoms with van der Waals surface area (Å²) in [6.45, 7) is 0.867. The lowest BCUT2D eigenvalue weighted by molar-refractivity contribution is 0.0505. The quantitative estimate of drug-likeness (QED) is 0.504. The Morgan fingerprint density at radius 1 is 1.26 bits per heavy atom. The van der Waals surface area contributed by atoms with Crippen molar-refractivity contribution in [2.24, 2.45) is 0 Å². The van der Waals surface area contributed by atoms with Crippen LogP contribution in [0.5, 0.6) is 6.01 Å². The van der Waals surface area contributed by atoms with Gasteiger partial charge in [0.1, 0.15) is 24.3 Å². The van der Waals surface area contributed by atoms with Gasteiger partial charge < -0.3 is 19.8 Å². The van der Waals surface area contributed by atoms with Crippen LogP contribution in [0.4, 0.5) is 26.5 Å². The van der Waals surface area contributed by atoms with Crippen LogP contribution >= 0.6 is 0 Å². The molecule has 176 valence electrons. The Morgan fingerprint density at radius 3 is 2.97 bits per heavy atom. The lowest BCUT2D eigenvalue weighted by Gasteiger charge is -2.35. The molecule has 0 aliphatic carbocycles. The normalized spacial score (nSPS) is 17.3. The summed E-state index contributed by atoms with van der Waals surface area (Å²) in [5.74, 6) is 0.366. The average molecular weight is 466 g/mol. The van der Waals surface area contributed by atoms with Crippen LogP contribution in [0, 0.1) is 5.82 Å². The number of benzene rings is 1. The van der Waals surface area contributed by atoms with Gasteiger partial charge in [0.2, 0.25) is 0 Å². The second-order valence-corrected chi connectivity index (χ2v) is 8.11. The first kappa shape index (κ1) is 22.0. The number of aliphatic hydroxyl groups is 2. The fourth-order valence-corrected chi connectivity index (χ4v) is 4.15. The first-order valence-electron chi connectivity index (χ1n) is 10.9. The van der Waals surface area contributed by atoms with E-state index in [9.17, 15) is 14.3 Å². The summed E-state index contributed by atoms with van der Waals surface area (Å²) in [4.78, 5) is 30.0. The van der Waals surface area contributed by atoms with Crippen LogP contribution in [0.1, 0.15) is 6.42 Å². The van der Waals surface area contributed by atoms with Crippen LogP contribution in [-0.4, -0.2) is 69.6 Å². The number of aliphatic hydroxyl groups excluding tert-OH is 2. The third-order valence-corrected chi connectivity index (χ3v) is 5.78. The second kappa shape index (κ2) is 9.20. The molecule has 0 saturated carbocycles. The van der Waals surface area contributed by atoms with E-state index in [1.54, 1.807) is 17.0 Å². The highest BCUT2D eigenvalue weighted by molar-refractivity contribution is 6.04. The van der Waals surface area contributed by atoms with Crippen LogP contribution in [0.25, 0.3) is 11.3 Å². The summed E-state index contributed by atoms with van der Waals surface area (Å²) < 4.78 is 19.0. The summed E-state index contributed by atoms with van der Waals surface area (Å²) in [5, 5.41) is 21.1. The highest BCUT2D eigenvalue weighted by Gasteiger charge is 2.40. The van der Waals surface area contributed by atoms with Gasteiger partial charge in [-0.2, -0.15) is 4.98 Å². The zero-order valence-electron chi connectivity index (χ0n) is 18.1. The fourth-order valence-electron chi connectivity index (χ4n) is 4.15. The molecule has 2 aromatic heterocycles. The number of ether oxygens (including phenoxy) is 1. The Balaban J connectivity index is 1.41. The maximum atomic E-state index is 13.8. The fraction of sp³-hybridized carbons (Fsp3) is 0.304. The van der Waals surface area contributed by atoms with E-state index in [0.717, 1.165) is 18.7 Å². The van der Waals surface area contributed by atoms with Gasteiger partial charge in [0.15, 0.2) is 5.82 Å². The predicted octanol–water partition coefficient (Wildman–Crippen LogP) is 2.04. The van der Waals surface area contributed by atoms with Crippen LogP contribution < -0.4 is 19.9 Å². The van der Waals surface area contributed by atoms with Gasteiger partial charge in [-0.1, -0.05) is 12.1 Å². The summed E-state index contributed by atoms with van der Waals surface area (Å²) in [7, 11) is 0. The minimum absolute atomic E-state index is 0.0390. The van der Waals surface area contributed by atoms with E-state index in [4.69, 9.17) is 14.8 Å². The maximum Gasteiger partial charge on any atom is 0.329 e. The molecule has 1 fully saturated rings. The van der Waals surface area contributed by atoms with E-state index < -0.39 is 18.7 Å². The van der Waals surface area contributed by atoms with Crippen molar-refractivity contribution in [3.63, 3.8) is 0 Å². The largest absolute Gasteiger partial charge is 0.461 e. The van der Waals surface area contributed by atoms with Gasteiger partial charge in [0.25, 0.3) is 0 Å². The molecular weight excluding hydrogens is 443 g/mol. The van der Waals surface area contributed by atoms with Crippen molar-refractivity contribution < 1.29 is 24.1 Å². The van der Waals surface area contributed by atoms with Crippen molar-refractivity contribution in [2.75, 3.05) is 41.4 Å². The Labute approximate surface area is 194 Å². The molecule has 1 unspecified atom stereocenters. The molecule has 3 N–H and O–H groups in total. The standard InChI is InChI=1S/C23H23FN6O4/c24-15-3-1-2-14(10-15)18-4-5-19-21(26-18)30(16-7-9-29(19)11-16)23(33)28-20-6-8-25-22(27-20)34-13-17(32)12-31/h1-6,8,10,16-17,31-32H,7,9,11-13H2,(H,25,27,28,33)/t16-,17?/m0/s1. The molecular formula is C23H23FN6O4. The van der Waals surface area contributed by atoms with E-state index in [1.807, 2.05) is 12.1 Å². The van der Waals surface area contributed by atoms with Crippen molar-refractivity contribution in [3.8, 4) is 17.3 Å². The highest BCUT2D eigenvalue weighted by Crippen LogP contribution is 2.40. The third-order valence-electron chi connectivity index (χ3n) is 5.78. The molecule has 0 radical (unpaired) electrons. The van der Waals surface area contributed by atoms with Gasteiger partial charge in [0.05, 0.1) is 24.0 Å². The van der Waals surface area contributed by atoms with E-state index in [0.29, 0.717) is 23.6 Å². The molecule has 0 spiro atoms. The molecule has 34 heavy (non-hydrogen) atoms. The molecule has 2 bridgehead atoms. The van der Waals surface area contributed by atoms with Crippen molar-refractivity contribution >= 4 is 23.4 Å². The smallest absolute Gasteiger partial charge is 0.329 e. The third kappa shape index (κ3) is 4.35. The number of fused-ring (bicyclic) bond motifs is 4. The number of nitrogens with zero attached hydrogens (tertiary/aromatic N) is 5. The summed E-state index contributed by atoms with van der Waals surface area (Å²) >= 11 is 0. The Bertz CT molecular complexity index is 1210. The van der Waals surface area contributed by atoms with Gasteiger partial charge >= 0.3 is 12.0 Å². The zero-order valence-corrected chi connectivity index (χ0v) is 18.1. The number of anilines is 3. The number of carbonyl (C=O) groups excluding carboxylic acids is 1. The number of pyridine rings is 1. The average Bonchev–Trinajstić information content (AvgIpc) is 3.26. The maximum absolute atomic E-state index is 13.8. The first-order valence-corrected chi connectivity index (χ1v) is 10.9. The minimum Gasteiger partial charge on any atom is -0.461 e. The number of rotatable bonds is 6. The lowest BCUT2D eigenvalue weighted by Crippen LogP contribution is -2.48. The Morgan fingerprint density at radius 2 is 2.15 bits per heavy atom. The molecule has 11 heteroatoms. The van der Waals surface area contributed by atoms with Gasteiger partial charge in [0, 0.05) is 24.8 Å². The Kier molecular flexibility index (Phi) is 5.95.